The number of amidine groups is 1. The molecule has 0 aromatic heterocycles. The molecule has 1 fully saturated rings. The van der Waals surface area contributed by atoms with Crippen molar-refractivity contribution in [3.63, 3.8) is 0 Å². The molecule has 0 saturated carbocycles. The van der Waals surface area contributed by atoms with Gasteiger partial charge in [-0.15, -0.1) is 0 Å². The number of hydrogen-bond donors (Lipinski definition) is 2. The Morgan fingerprint density at radius 3 is 2.63 bits per heavy atom. The number of nitrogens with zero attached hydrogens (tertiary/aromatic N) is 1. The molecule has 2 aromatic rings. The minimum absolute atomic E-state index is 0.00828. The highest BCUT2D eigenvalue weighted by Gasteiger charge is 2.42. The second-order valence-electron chi connectivity index (χ2n) is 7.88. The first-order chi connectivity index (χ1) is 14.3. The molecule has 1 saturated heterocycles. The maximum absolute atomic E-state index is 12.6. The second kappa shape index (κ2) is 8.43. The summed E-state index contributed by atoms with van der Waals surface area (Å²) in [5.41, 5.74) is 4.81. The quantitative estimate of drug-likeness (QED) is 0.742. The molecule has 8 heteroatoms. The standard InChI is InChI=1S/C22H25N3O3S2/c1-14-3-6-16(7-4-14)9-10-23-21(26)17-8-5-15(2)18(11-17)24-22-25-19-12-30(27,28)13-20(19)29-22/h3-8,11,19-20H,9-10,12-13H2,1-2H3,(H,23,26)(H,24,25)/t19-,20-/m1/s1. The number of aliphatic imine (C=N–C) groups is 1. The average Bonchev–Trinajstić information content (AvgIpc) is 3.17. The number of sulfone groups is 1. The van der Waals surface area contributed by atoms with Gasteiger partial charge in [0, 0.05) is 23.0 Å². The van der Waals surface area contributed by atoms with Crippen molar-refractivity contribution in [1.82, 2.24) is 5.32 Å². The zero-order chi connectivity index (χ0) is 21.3. The first-order valence-electron chi connectivity index (χ1n) is 9.95. The van der Waals surface area contributed by atoms with Crippen LogP contribution in [0.4, 0.5) is 5.69 Å². The molecule has 6 nitrogen and oxygen atoms in total. The van der Waals surface area contributed by atoms with Crippen molar-refractivity contribution in [3.05, 3.63) is 64.7 Å². The van der Waals surface area contributed by atoms with Crippen LogP contribution in [0.1, 0.15) is 27.0 Å². The van der Waals surface area contributed by atoms with Gasteiger partial charge in [0.25, 0.3) is 5.91 Å². The molecule has 1 amide bonds. The molecule has 2 aliphatic rings. The SMILES string of the molecule is Cc1ccc(CCNC(=O)c2ccc(C)c(NC3=N[C@@H]4CS(=O)(=O)C[C@H]4S3)c2)cc1. The number of hydrogen-bond acceptors (Lipinski definition) is 6. The summed E-state index contributed by atoms with van der Waals surface area (Å²) in [4.78, 5) is 17.1. The largest absolute Gasteiger partial charge is 0.352 e. The third-order valence-electron chi connectivity index (χ3n) is 5.38. The molecule has 30 heavy (non-hydrogen) atoms. The predicted octanol–water partition coefficient (Wildman–Crippen LogP) is 2.96. The molecule has 158 valence electrons. The summed E-state index contributed by atoms with van der Waals surface area (Å²) >= 11 is 1.47. The topological polar surface area (TPSA) is 87.6 Å². The minimum atomic E-state index is -2.97. The Hall–Kier alpha value is -2.32. The van der Waals surface area contributed by atoms with Crippen LogP contribution >= 0.6 is 11.8 Å². The summed E-state index contributed by atoms with van der Waals surface area (Å²) in [6.07, 6.45) is 0.780. The molecule has 0 unspecified atom stereocenters. The van der Waals surface area contributed by atoms with Crippen LogP contribution in [0.5, 0.6) is 0 Å². The van der Waals surface area contributed by atoms with Gasteiger partial charge in [-0.1, -0.05) is 47.7 Å². The number of carbonyl (C=O) groups excluding carboxylic acids is 1. The Bertz CT molecular complexity index is 1100. The molecule has 2 heterocycles. The Balaban J connectivity index is 1.37. The van der Waals surface area contributed by atoms with Crippen LogP contribution in [0.2, 0.25) is 0 Å². The lowest BCUT2D eigenvalue weighted by Gasteiger charge is -2.12. The summed E-state index contributed by atoms with van der Waals surface area (Å²) in [6, 6.07) is 13.7. The van der Waals surface area contributed by atoms with Gasteiger partial charge in [0.2, 0.25) is 0 Å². The summed E-state index contributed by atoms with van der Waals surface area (Å²) in [7, 11) is -2.97. The van der Waals surface area contributed by atoms with Crippen molar-refractivity contribution in [1.29, 1.82) is 0 Å². The third-order valence-corrected chi connectivity index (χ3v) is 8.52. The Labute approximate surface area is 181 Å². The van der Waals surface area contributed by atoms with Gasteiger partial charge in [0.1, 0.15) is 0 Å². The van der Waals surface area contributed by atoms with E-state index >= 15 is 0 Å². The van der Waals surface area contributed by atoms with Gasteiger partial charge in [-0.05, 0) is 43.5 Å². The summed E-state index contributed by atoms with van der Waals surface area (Å²) in [5.74, 6) is 0.187. The molecule has 0 spiro atoms. The molecule has 2 aliphatic heterocycles. The van der Waals surface area contributed by atoms with E-state index in [0.717, 1.165) is 22.8 Å². The highest BCUT2D eigenvalue weighted by Crippen LogP contribution is 2.35. The number of rotatable bonds is 5. The molecule has 4 rings (SSSR count). The van der Waals surface area contributed by atoms with E-state index in [1.807, 2.05) is 25.1 Å². The van der Waals surface area contributed by atoms with Gasteiger partial charge < -0.3 is 10.6 Å². The number of benzene rings is 2. The Morgan fingerprint density at radius 1 is 1.13 bits per heavy atom. The number of aryl methyl sites for hydroxylation is 2. The summed E-state index contributed by atoms with van der Waals surface area (Å²) in [6.45, 7) is 4.59. The van der Waals surface area contributed by atoms with Crippen LogP contribution in [-0.4, -0.2) is 48.8 Å². The lowest BCUT2D eigenvalue weighted by Crippen LogP contribution is -2.25. The van der Waals surface area contributed by atoms with Crippen molar-refractivity contribution >= 4 is 38.4 Å². The molecule has 2 N–H and O–H groups in total. The highest BCUT2D eigenvalue weighted by atomic mass is 32.2. The lowest BCUT2D eigenvalue weighted by molar-refractivity contribution is 0.0954. The zero-order valence-corrected chi connectivity index (χ0v) is 18.6. The first kappa shape index (κ1) is 20.9. The smallest absolute Gasteiger partial charge is 0.251 e. The first-order valence-corrected chi connectivity index (χ1v) is 12.7. The summed E-state index contributed by atoms with van der Waals surface area (Å²) in [5, 5.41) is 6.97. The van der Waals surface area contributed by atoms with E-state index in [1.165, 1.54) is 22.9 Å². The van der Waals surface area contributed by atoms with Crippen LogP contribution in [0, 0.1) is 13.8 Å². The van der Waals surface area contributed by atoms with Crippen molar-refractivity contribution in [2.24, 2.45) is 4.99 Å². The van der Waals surface area contributed by atoms with Crippen molar-refractivity contribution in [2.45, 2.75) is 31.6 Å². The van der Waals surface area contributed by atoms with E-state index in [9.17, 15) is 13.2 Å². The molecule has 0 bridgehead atoms. The van der Waals surface area contributed by atoms with Crippen molar-refractivity contribution in [3.8, 4) is 0 Å². The fourth-order valence-electron chi connectivity index (χ4n) is 3.61. The lowest BCUT2D eigenvalue weighted by atomic mass is 10.1. The normalized spacial score (nSPS) is 21.7. The van der Waals surface area contributed by atoms with E-state index in [4.69, 9.17) is 0 Å². The van der Waals surface area contributed by atoms with Gasteiger partial charge in [-0.25, -0.2) is 8.42 Å². The molecule has 2 atom stereocenters. The molecule has 0 aliphatic carbocycles. The van der Waals surface area contributed by atoms with Crippen LogP contribution in [-0.2, 0) is 16.3 Å². The highest BCUT2D eigenvalue weighted by molar-refractivity contribution is 8.15. The van der Waals surface area contributed by atoms with Gasteiger partial charge in [-0.3, -0.25) is 9.79 Å². The van der Waals surface area contributed by atoms with E-state index in [0.29, 0.717) is 12.1 Å². The van der Waals surface area contributed by atoms with Crippen LogP contribution < -0.4 is 10.6 Å². The maximum atomic E-state index is 12.6. The van der Waals surface area contributed by atoms with Crippen LogP contribution in [0.25, 0.3) is 0 Å². The van der Waals surface area contributed by atoms with Crippen LogP contribution in [0.15, 0.2) is 47.5 Å². The average molecular weight is 444 g/mol. The number of nitrogens with one attached hydrogen (secondary N) is 2. The number of carbonyl (C=O) groups is 1. The fraction of sp³-hybridized carbons (Fsp3) is 0.364. The third kappa shape index (κ3) is 4.87. The molecule has 2 aromatic carbocycles. The van der Waals surface area contributed by atoms with Gasteiger partial charge in [0.15, 0.2) is 15.0 Å². The van der Waals surface area contributed by atoms with Crippen LogP contribution in [0.3, 0.4) is 0 Å². The number of amides is 1. The van der Waals surface area contributed by atoms with E-state index in [1.54, 1.807) is 0 Å². The van der Waals surface area contributed by atoms with E-state index in [2.05, 4.69) is 46.8 Å². The minimum Gasteiger partial charge on any atom is -0.352 e. The predicted molar refractivity (Wildman–Crippen MR) is 123 cm³/mol. The fourth-order valence-corrected chi connectivity index (χ4v) is 7.27. The second-order valence-corrected chi connectivity index (χ2v) is 11.3. The number of thioether (sulfide) groups is 1. The molecular weight excluding hydrogens is 418 g/mol. The molecule has 0 radical (unpaired) electrons. The van der Waals surface area contributed by atoms with Crippen molar-refractivity contribution in [2.75, 3.05) is 23.4 Å². The zero-order valence-electron chi connectivity index (χ0n) is 17.0. The summed E-state index contributed by atoms with van der Waals surface area (Å²) < 4.78 is 23.5. The van der Waals surface area contributed by atoms with Gasteiger partial charge >= 0.3 is 0 Å². The van der Waals surface area contributed by atoms with E-state index in [-0.39, 0.29) is 28.7 Å². The number of fused-ring (bicyclic) bond motifs is 1. The maximum Gasteiger partial charge on any atom is 0.251 e. The van der Waals surface area contributed by atoms with Crippen molar-refractivity contribution < 1.29 is 13.2 Å². The Kier molecular flexibility index (Phi) is 5.88. The van der Waals surface area contributed by atoms with Gasteiger partial charge in [0.05, 0.1) is 17.5 Å². The monoisotopic (exact) mass is 443 g/mol. The number of anilines is 1. The molecular formula is C22H25N3O3S2. The Morgan fingerprint density at radius 2 is 1.90 bits per heavy atom. The van der Waals surface area contributed by atoms with Gasteiger partial charge in [-0.2, -0.15) is 0 Å². The van der Waals surface area contributed by atoms with E-state index < -0.39 is 9.84 Å².